The molecule has 4 heterocycles. The number of carbonyl (C=O) groups is 1. The summed E-state index contributed by atoms with van der Waals surface area (Å²) in [5.74, 6) is 0.0621. The Kier molecular flexibility index (Phi) is 8.53. The van der Waals surface area contributed by atoms with Gasteiger partial charge in [0.1, 0.15) is 23.1 Å². The number of nitrogens with zero attached hydrogens (tertiary/aromatic N) is 8. The van der Waals surface area contributed by atoms with Crippen molar-refractivity contribution in [3.8, 4) is 28.7 Å². The van der Waals surface area contributed by atoms with Crippen molar-refractivity contribution in [2.45, 2.75) is 50.6 Å². The first kappa shape index (κ1) is 29.5. The molecule has 1 saturated carbocycles. The van der Waals surface area contributed by atoms with Gasteiger partial charge in [0.2, 0.25) is 5.95 Å². The lowest BCUT2D eigenvalue weighted by molar-refractivity contribution is -0.137. The highest BCUT2D eigenvalue weighted by molar-refractivity contribution is 5.83. The normalized spacial score (nSPS) is 17.0. The van der Waals surface area contributed by atoms with Crippen LogP contribution in [-0.2, 0) is 10.9 Å². The van der Waals surface area contributed by atoms with Gasteiger partial charge in [-0.15, -0.1) is 0 Å². The predicted octanol–water partition coefficient (Wildman–Crippen LogP) is 4.98. The summed E-state index contributed by atoms with van der Waals surface area (Å²) in [5, 5.41) is 9.00. The third-order valence-electron chi connectivity index (χ3n) is 6.41. The summed E-state index contributed by atoms with van der Waals surface area (Å²) in [4.78, 5) is 36.5. The monoisotopic (exact) mass is 606 g/mol. The van der Waals surface area contributed by atoms with Gasteiger partial charge in [-0.1, -0.05) is 0 Å². The number of methoxy groups -OCH3 is 1. The molecule has 2 N–H and O–H groups in total. The smallest absolute Gasteiger partial charge is 0.420 e. The number of hydrogen-bond acceptors (Lipinski definition) is 11. The average Bonchev–Trinajstić information content (AvgIpc) is 3.49. The molecule has 5 rings (SSSR count). The lowest BCUT2D eigenvalue weighted by Crippen LogP contribution is -2.32. The van der Waals surface area contributed by atoms with Crippen LogP contribution >= 0.6 is 0 Å². The van der Waals surface area contributed by atoms with Crippen LogP contribution < -0.4 is 15.4 Å². The van der Waals surface area contributed by atoms with Crippen LogP contribution in [0.4, 0.5) is 38.5 Å². The van der Waals surface area contributed by atoms with Crippen LogP contribution in [0, 0.1) is 0 Å². The summed E-state index contributed by atoms with van der Waals surface area (Å²) < 4.78 is 77.1. The van der Waals surface area contributed by atoms with Crippen molar-refractivity contribution in [2.24, 2.45) is 0 Å². The second kappa shape index (κ2) is 12.5. The second-order valence-corrected chi connectivity index (χ2v) is 9.31. The molecule has 1 fully saturated rings. The molecular formula is C25H23F5N10O3. The van der Waals surface area contributed by atoms with Crippen LogP contribution in [0.2, 0.25) is 0 Å². The molecule has 226 valence electrons. The summed E-state index contributed by atoms with van der Waals surface area (Å²) in [7, 11) is 1.45. The predicted molar refractivity (Wildman–Crippen MR) is 139 cm³/mol. The molecule has 0 unspecified atom stereocenters. The maximum absolute atomic E-state index is 13.5. The molecule has 4 aromatic heterocycles. The van der Waals surface area contributed by atoms with E-state index in [9.17, 15) is 26.7 Å². The van der Waals surface area contributed by atoms with E-state index >= 15 is 0 Å². The van der Waals surface area contributed by atoms with E-state index in [0.29, 0.717) is 43.1 Å². The zero-order valence-electron chi connectivity index (χ0n) is 22.3. The fourth-order valence-electron chi connectivity index (χ4n) is 4.32. The van der Waals surface area contributed by atoms with Crippen molar-refractivity contribution >= 4 is 17.9 Å². The van der Waals surface area contributed by atoms with Gasteiger partial charge in [0.15, 0.2) is 5.82 Å². The van der Waals surface area contributed by atoms with Gasteiger partial charge in [0.05, 0.1) is 25.2 Å². The maximum Gasteiger partial charge on any atom is 0.420 e. The van der Waals surface area contributed by atoms with E-state index in [1.165, 1.54) is 31.9 Å². The number of hydrogen-bond donors (Lipinski definition) is 2. The van der Waals surface area contributed by atoms with Gasteiger partial charge in [-0.25, -0.2) is 34.4 Å². The van der Waals surface area contributed by atoms with Gasteiger partial charge in [-0.05, 0) is 31.7 Å². The Morgan fingerprint density at radius 2 is 1.72 bits per heavy atom. The fraction of sp³-hybridized carbons (Fsp3) is 0.360. The van der Waals surface area contributed by atoms with E-state index < -0.39 is 36.2 Å². The van der Waals surface area contributed by atoms with Crippen molar-refractivity contribution in [1.82, 2.24) is 39.7 Å². The van der Waals surface area contributed by atoms with E-state index in [2.05, 4.69) is 45.6 Å². The molecule has 0 atom stereocenters. The quantitative estimate of drug-likeness (QED) is 0.261. The lowest BCUT2D eigenvalue weighted by atomic mass is 9.93. The van der Waals surface area contributed by atoms with E-state index in [1.54, 1.807) is 0 Å². The zero-order valence-corrected chi connectivity index (χ0v) is 22.3. The number of nitrogens with one attached hydrogen (secondary N) is 2. The third kappa shape index (κ3) is 7.25. The van der Waals surface area contributed by atoms with Crippen molar-refractivity contribution in [3.05, 3.63) is 48.8 Å². The first-order valence-corrected chi connectivity index (χ1v) is 12.8. The number of aromatic nitrogens is 8. The summed E-state index contributed by atoms with van der Waals surface area (Å²) in [6.45, 7) is -3.02. The van der Waals surface area contributed by atoms with Gasteiger partial charge in [0.25, 0.3) is 0 Å². The topological polar surface area (TPSA) is 155 Å². The SMILES string of the molecule is COc1ncc(-c2cnc(NC(=O)OC3CCC(Nc4ncc(C(F)(F)F)c(-c5ccn(C(F)F)n5)n4)CC3)cn2)cn1. The van der Waals surface area contributed by atoms with Crippen molar-refractivity contribution in [1.29, 1.82) is 0 Å². The molecule has 1 aliphatic rings. The molecule has 0 saturated heterocycles. The minimum Gasteiger partial charge on any atom is -0.467 e. The molecule has 4 aromatic rings. The van der Waals surface area contributed by atoms with Gasteiger partial charge in [0, 0.05) is 36.4 Å². The minimum atomic E-state index is -4.82. The Morgan fingerprint density at radius 3 is 2.33 bits per heavy atom. The Morgan fingerprint density at radius 1 is 0.977 bits per heavy atom. The van der Waals surface area contributed by atoms with Crippen LogP contribution in [-0.4, -0.2) is 65.0 Å². The van der Waals surface area contributed by atoms with Crippen molar-refractivity contribution in [2.75, 3.05) is 17.7 Å². The molecule has 1 amide bonds. The van der Waals surface area contributed by atoms with Gasteiger partial charge < -0.3 is 14.8 Å². The molecule has 0 radical (unpaired) electrons. The zero-order chi connectivity index (χ0) is 30.6. The number of ether oxygens (including phenoxy) is 2. The Bertz CT molecular complexity index is 1540. The molecule has 1 aliphatic carbocycles. The highest BCUT2D eigenvalue weighted by atomic mass is 19.4. The van der Waals surface area contributed by atoms with E-state index in [0.717, 1.165) is 12.3 Å². The molecule has 0 bridgehead atoms. The van der Waals surface area contributed by atoms with Crippen LogP contribution in [0.3, 0.4) is 0 Å². The summed E-state index contributed by atoms with van der Waals surface area (Å²) in [5.41, 5.74) is -1.09. The average molecular weight is 607 g/mol. The van der Waals surface area contributed by atoms with Crippen LogP contribution in [0.25, 0.3) is 22.6 Å². The number of alkyl halides is 5. The van der Waals surface area contributed by atoms with Crippen molar-refractivity contribution in [3.63, 3.8) is 0 Å². The number of carbonyl (C=O) groups excluding carboxylic acids is 1. The Hall–Kier alpha value is -5.03. The number of anilines is 2. The first-order valence-electron chi connectivity index (χ1n) is 12.8. The number of amides is 1. The lowest BCUT2D eigenvalue weighted by Gasteiger charge is -2.29. The van der Waals surface area contributed by atoms with E-state index in [4.69, 9.17) is 9.47 Å². The highest BCUT2D eigenvalue weighted by Crippen LogP contribution is 2.36. The first-order chi connectivity index (χ1) is 20.6. The molecular weight excluding hydrogens is 583 g/mol. The summed E-state index contributed by atoms with van der Waals surface area (Å²) >= 11 is 0. The fourth-order valence-corrected chi connectivity index (χ4v) is 4.32. The highest BCUT2D eigenvalue weighted by Gasteiger charge is 2.36. The van der Waals surface area contributed by atoms with E-state index in [-0.39, 0.29) is 34.2 Å². The number of halogens is 5. The van der Waals surface area contributed by atoms with Crippen molar-refractivity contribution < 1.29 is 36.2 Å². The molecule has 0 aliphatic heterocycles. The van der Waals surface area contributed by atoms with Gasteiger partial charge in [-0.3, -0.25) is 10.3 Å². The van der Waals surface area contributed by atoms with Crippen LogP contribution in [0.5, 0.6) is 6.01 Å². The Labute approximate surface area is 239 Å². The second-order valence-electron chi connectivity index (χ2n) is 9.31. The minimum absolute atomic E-state index is 0.111. The standard InChI is InChI=1S/C25H23F5N10O3/c1-42-23-34-8-13(9-35-23)18-11-32-19(12-31-18)37-24(41)43-15-4-2-14(3-5-15)36-22-33-10-16(25(28,29)30)20(38-22)17-6-7-40(39-17)21(26)27/h6-12,14-15,21H,2-5H2,1H3,(H,32,37,41)(H,33,36,38). The largest absolute Gasteiger partial charge is 0.467 e. The Balaban J connectivity index is 1.14. The molecule has 0 spiro atoms. The number of rotatable bonds is 8. The molecule has 13 nitrogen and oxygen atoms in total. The maximum atomic E-state index is 13.5. The van der Waals surface area contributed by atoms with Crippen LogP contribution in [0.1, 0.15) is 37.8 Å². The van der Waals surface area contributed by atoms with E-state index in [1.807, 2.05) is 0 Å². The third-order valence-corrected chi connectivity index (χ3v) is 6.41. The molecule has 43 heavy (non-hydrogen) atoms. The van der Waals surface area contributed by atoms with Gasteiger partial charge in [-0.2, -0.15) is 27.1 Å². The molecule has 18 heteroatoms. The summed E-state index contributed by atoms with van der Waals surface area (Å²) in [6, 6.07) is 1.01. The van der Waals surface area contributed by atoms with Crippen LogP contribution in [0.15, 0.2) is 43.2 Å². The van der Waals surface area contributed by atoms with Gasteiger partial charge >= 0.3 is 24.8 Å². The summed E-state index contributed by atoms with van der Waals surface area (Å²) in [6.07, 6.45) is 3.26. The molecule has 0 aromatic carbocycles.